The number of benzene rings is 1. The van der Waals surface area contributed by atoms with E-state index in [1.165, 1.54) is 12.1 Å². The predicted octanol–water partition coefficient (Wildman–Crippen LogP) is 5.59. The second-order valence-corrected chi connectivity index (χ2v) is 7.83. The first-order chi connectivity index (χ1) is 13.1. The number of carbonyl (C=O) groups is 1. The third kappa shape index (κ3) is 8.21. The quantitative estimate of drug-likeness (QED) is 0.483. The highest BCUT2D eigenvalue weighted by Crippen LogP contribution is 2.29. The molecule has 1 amide bonds. The number of carbonyl (C=O) groups excluding carboxylic acids is 1. The Hall–Kier alpha value is -1.56. The van der Waals surface area contributed by atoms with Gasteiger partial charge in [-0.3, -0.25) is 4.79 Å². The lowest BCUT2D eigenvalue weighted by Gasteiger charge is -2.31. The molecule has 3 nitrogen and oxygen atoms in total. The molecule has 6 heteroatoms. The zero-order valence-electron chi connectivity index (χ0n) is 17.9. The van der Waals surface area contributed by atoms with Crippen LogP contribution in [0.5, 0.6) is 0 Å². The van der Waals surface area contributed by atoms with Crippen LogP contribution in [0.2, 0.25) is 0 Å². The summed E-state index contributed by atoms with van der Waals surface area (Å²) in [5.74, 6) is 0.302. The van der Waals surface area contributed by atoms with Crippen molar-refractivity contribution in [2.24, 2.45) is 5.92 Å². The molecule has 0 aliphatic heterocycles. The molecule has 0 bridgehead atoms. The van der Waals surface area contributed by atoms with Crippen LogP contribution in [0.25, 0.3) is 0 Å². The highest BCUT2D eigenvalue weighted by molar-refractivity contribution is 5.76. The standard InChI is InChI=1S/C22H35F3N2O/c1-6-26(7-2)14-8-9-18(5)27(21(28)15-17(3)4)16-19-10-12-20(13-11-19)22(23,24)25/h10-13,17-18H,6-9,14-16H2,1-5H3. The molecule has 0 fully saturated rings. The third-order valence-corrected chi connectivity index (χ3v) is 5.06. The number of amides is 1. The molecule has 1 aromatic rings. The van der Waals surface area contributed by atoms with Crippen molar-refractivity contribution in [1.82, 2.24) is 9.80 Å². The molecule has 0 aliphatic carbocycles. The maximum absolute atomic E-state index is 12.8. The van der Waals surface area contributed by atoms with Crippen LogP contribution in [0, 0.1) is 5.92 Å². The zero-order valence-corrected chi connectivity index (χ0v) is 17.9. The Balaban J connectivity index is 2.82. The molecule has 0 heterocycles. The van der Waals surface area contributed by atoms with E-state index in [2.05, 4.69) is 18.7 Å². The fraction of sp³-hybridized carbons (Fsp3) is 0.682. The van der Waals surface area contributed by atoms with Crippen LogP contribution in [0.4, 0.5) is 13.2 Å². The van der Waals surface area contributed by atoms with Gasteiger partial charge in [-0.05, 0) is 63.0 Å². The molecule has 0 spiro atoms. The van der Waals surface area contributed by atoms with E-state index < -0.39 is 11.7 Å². The second kappa shape index (κ2) is 11.4. The summed E-state index contributed by atoms with van der Waals surface area (Å²) < 4.78 is 38.3. The number of nitrogens with zero attached hydrogens (tertiary/aromatic N) is 2. The van der Waals surface area contributed by atoms with E-state index >= 15 is 0 Å². The average Bonchev–Trinajstić information content (AvgIpc) is 2.62. The minimum Gasteiger partial charge on any atom is -0.336 e. The Bertz CT molecular complexity index is 580. The van der Waals surface area contributed by atoms with E-state index in [9.17, 15) is 18.0 Å². The van der Waals surface area contributed by atoms with E-state index in [4.69, 9.17) is 0 Å². The normalized spacial score (nSPS) is 13.2. The summed E-state index contributed by atoms with van der Waals surface area (Å²) in [5, 5.41) is 0. The Morgan fingerprint density at radius 1 is 1.04 bits per heavy atom. The maximum atomic E-state index is 12.8. The molecule has 1 rings (SSSR count). The lowest BCUT2D eigenvalue weighted by Crippen LogP contribution is -2.39. The van der Waals surface area contributed by atoms with Crippen molar-refractivity contribution < 1.29 is 18.0 Å². The third-order valence-electron chi connectivity index (χ3n) is 5.06. The van der Waals surface area contributed by atoms with E-state index in [1.807, 2.05) is 25.7 Å². The van der Waals surface area contributed by atoms with E-state index in [1.54, 1.807) is 0 Å². The fourth-order valence-corrected chi connectivity index (χ4v) is 3.26. The summed E-state index contributed by atoms with van der Waals surface area (Å²) in [5.41, 5.74) is 0.0595. The van der Waals surface area contributed by atoms with Crippen LogP contribution >= 0.6 is 0 Å². The van der Waals surface area contributed by atoms with Gasteiger partial charge in [-0.2, -0.15) is 13.2 Å². The van der Waals surface area contributed by atoms with Gasteiger partial charge < -0.3 is 9.80 Å². The van der Waals surface area contributed by atoms with Crippen molar-refractivity contribution in [1.29, 1.82) is 0 Å². The van der Waals surface area contributed by atoms with Crippen LogP contribution in [-0.4, -0.2) is 41.4 Å². The molecule has 1 atom stereocenters. The molecule has 0 radical (unpaired) electrons. The summed E-state index contributed by atoms with van der Waals surface area (Å²) in [4.78, 5) is 16.9. The highest BCUT2D eigenvalue weighted by atomic mass is 19.4. The van der Waals surface area contributed by atoms with Crippen LogP contribution in [0.15, 0.2) is 24.3 Å². The molecule has 160 valence electrons. The van der Waals surface area contributed by atoms with Gasteiger partial charge in [-0.1, -0.05) is 39.8 Å². The molecule has 0 N–H and O–H groups in total. The molecule has 28 heavy (non-hydrogen) atoms. The van der Waals surface area contributed by atoms with Gasteiger partial charge in [-0.15, -0.1) is 0 Å². The van der Waals surface area contributed by atoms with Gasteiger partial charge in [0.15, 0.2) is 0 Å². The minimum absolute atomic E-state index is 0.0455. The topological polar surface area (TPSA) is 23.6 Å². The summed E-state index contributed by atoms with van der Waals surface area (Å²) in [7, 11) is 0. The van der Waals surface area contributed by atoms with Crippen molar-refractivity contribution in [2.45, 2.75) is 72.6 Å². The molecular weight excluding hydrogens is 365 g/mol. The van der Waals surface area contributed by atoms with Gasteiger partial charge in [0.2, 0.25) is 5.91 Å². The van der Waals surface area contributed by atoms with Crippen molar-refractivity contribution in [2.75, 3.05) is 19.6 Å². The monoisotopic (exact) mass is 400 g/mol. The van der Waals surface area contributed by atoms with Crippen LogP contribution in [0.1, 0.15) is 65.0 Å². The second-order valence-electron chi connectivity index (χ2n) is 7.83. The SMILES string of the molecule is CCN(CC)CCCC(C)N(Cc1ccc(C(F)(F)F)cc1)C(=O)CC(C)C. The predicted molar refractivity (Wildman–Crippen MR) is 108 cm³/mol. The van der Waals surface area contributed by atoms with E-state index in [0.717, 1.165) is 50.2 Å². The van der Waals surface area contributed by atoms with Gasteiger partial charge >= 0.3 is 6.18 Å². The van der Waals surface area contributed by atoms with Crippen molar-refractivity contribution in [3.05, 3.63) is 35.4 Å². The van der Waals surface area contributed by atoms with Gasteiger partial charge in [0.1, 0.15) is 0 Å². The first kappa shape index (κ1) is 24.5. The molecular formula is C22H35F3N2O. The van der Waals surface area contributed by atoms with Crippen LogP contribution in [-0.2, 0) is 17.5 Å². The molecule has 0 saturated carbocycles. The summed E-state index contributed by atoms with van der Waals surface area (Å²) >= 11 is 0. The van der Waals surface area contributed by atoms with E-state index in [0.29, 0.717) is 13.0 Å². The maximum Gasteiger partial charge on any atom is 0.416 e. The Kier molecular flexibility index (Phi) is 10.0. The Labute approximate surface area is 167 Å². The first-order valence-electron chi connectivity index (χ1n) is 10.3. The summed E-state index contributed by atoms with van der Waals surface area (Å²) in [6.45, 7) is 13.6. The fourth-order valence-electron chi connectivity index (χ4n) is 3.26. The molecule has 1 aromatic carbocycles. The molecule has 0 aromatic heterocycles. The molecule has 1 unspecified atom stereocenters. The first-order valence-corrected chi connectivity index (χ1v) is 10.3. The summed E-state index contributed by atoms with van der Waals surface area (Å²) in [6, 6.07) is 5.17. The van der Waals surface area contributed by atoms with Crippen molar-refractivity contribution in [3.8, 4) is 0 Å². The lowest BCUT2D eigenvalue weighted by atomic mass is 10.0. The van der Waals surface area contributed by atoms with Crippen LogP contribution in [0.3, 0.4) is 0 Å². The van der Waals surface area contributed by atoms with Crippen molar-refractivity contribution in [3.63, 3.8) is 0 Å². The average molecular weight is 401 g/mol. The molecule has 0 aliphatic rings. The minimum atomic E-state index is -4.34. The highest BCUT2D eigenvalue weighted by Gasteiger charge is 2.30. The van der Waals surface area contributed by atoms with Gasteiger partial charge in [0.05, 0.1) is 5.56 Å². The zero-order chi connectivity index (χ0) is 21.3. The number of rotatable bonds is 11. The Morgan fingerprint density at radius 2 is 1.61 bits per heavy atom. The lowest BCUT2D eigenvalue weighted by molar-refractivity contribution is -0.138. The van der Waals surface area contributed by atoms with Gasteiger partial charge in [0, 0.05) is 19.0 Å². The number of halogens is 3. The largest absolute Gasteiger partial charge is 0.416 e. The Morgan fingerprint density at radius 3 is 2.07 bits per heavy atom. The number of hydrogen-bond acceptors (Lipinski definition) is 2. The van der Waals surface area contributed by atoms with Gasteiger partial charge in [0.25, 0.3) is 0 Å². The smallest absolute Gasteiger partial charge is 0.336 e. The number of alkyl halides is 3. The number of hydrogen-bond donors (Lipinski definition) is 0. The van der Waals surface area contributed by atoms with Crippen LogP contribution < -0.4 is 0 Å². The molecule has 0 saturated heterocycles. The van der Waals surface area contributed by atoms with Crippen molar-refractivity contribution >= 4 is 5.91 Å². The summed E-state index contributed by atoms with van der Waals surface area (Å²) in [6.07, 6.45) is -2.04. The van der Waals surface area contributed by atoms with E-state index in [-0.39, 0.29) is 17.9 Å². The van der Waals surface area contributed by atoms with Gasteiger partial charge in [-0.25, -0.2) is 0 Å².